The molecule has 0 radical (unpaired) electrons. The maximum atomic E-state index is 6.25. The lowest BCUT2D eigenvalue weighted by atomic mass is 10.2. The molecule has 3 nitrogen and oxygen atoms in total. The fourth-order valence-electron chi connectivity index (χ4n) is 1.45. The van der Waals surface area contributed by atoms with Crippen molar-refractivity contribution < 1.29 is 0 Å². The second-order valence-corrected chi connectivity index (χ2v) is 4.54. The molecule has 0 aromatic heterocycles. The molecule has 0 aromatic carbocycles. The first kappa shape index (κ1) is 11.6. The molecule has 82 valence electrons. The van der Waals surface area contributed by atoms with Crippen LogP contribution in [0.15, 0.2) is 5.10 Å². The predicted molar refractivity (Wildman–Crippen MR) is 61.3 cm³/mol. The molecule has 1 atom stereocenters. The molecule has 4 heteroatoms. The van der Waals surface area contributed by atoms with Crippen LogP contribution in [-0.2, 0) is 0 Å². The molecule has 1 aliphatic heterocycles. The van der Waals surface area contributed by atoms with E-state index >= 15 is 0 Å². The van der Waals surface area contributed by atoms with Crippen molar-refractivity contribution in [1.82, 2.24) is 9.91 Å². The Hall–Kier alpha value is -0.440. The summed E-state index contributed by atoms with van der Waals surface area (Å²) in [5.41, 5.74) is -0.0797. The summed E-state index contributed by atoms with van der Waals surface area (Å²) in [6.07, 6.45) is 4.18. The largest absolute Gasteiger partial charge is 0.327 e. The van der Waals surface area contributed by atoms with E-state index in [0.717, 1.165) is 19.5 Å². The Labute approximate surface area is 91.7 Å². The third kappa shape index (κ3) is 3.05. The standard InChI is InChI=1S/C10H20ClN3/c1-4-5-6-14-10(11)13(8-12-14)7-9(2)3/h8-10H,4-7H2,1-3H3. The molecule has 1 rings (SSSR count). The number of hydrogen-bond donors (Lipinski definition) is 0. The summed E-state index contributed by atoms with van der Waals surface area (Å²) in [4.78, 5) is 2.09. The summed E-state index contributed by atoms with van der Waals surface area (Å²) >= 11 is 6.25. The van der Waals surface area contributed by atoms with E-state index in [4.69, 9.17) is 11.6 Å². The zero-order chi connectivity index (χ0) is 10.6. The van der Waals surface area contributed by atoms with Gasteiger partial charge in [0, 0.05) is 13.1 Å². The number of alkyl halides is 1. The smallest absolute Gasteiger partial charge is 0.195 e. The van der Waals surface area contributed by atoms with Gasteiger partial charge in [-0.25, -0.2) is 0 Å². The monoisotopic (exact) mass is 217 g/mol. The minimum atomic E-state index is -0.0797. The van der Waals surface area contributed by atoms with E-state index in [1.165, 1.54) is 6.42 Å². The summed E-state index contributed by atoms with van der Waals surface area (Å²) in [7, 11) is 0. The van der Waals surface area contributed by atoms with Gasteiger partial charge in [-0.3, -0.25) is 5.01 Å². The van der Waals surface area contributed by atoms with Crippen LogP contribution >= 0.6 is 11.6 Å². The minimum absolute atomic E-state index is 0.0797. The van der Waals surface area contributed by atoms with Crippen LogP contribution in [-0.4, -0.2) is 35.0 Å². The third-order valence-corrected chi connectivity index (χ3v) is 2.66. The molecule has 0 saturated carbocycles. The molecular weight excluding hydrogens is 198 g/mol. The predicted octanol–water partition coefficient (Wildman–Crippen LogP) is 2.53. The second kappa shape index (κ2) is 5.44. The van der Waals surface area contributed by atoms with Gasteiger partial charge in [0.2, 0.25) is 0 Å². The summed E-state index contributed by atoms with van der Waals surface area (Å²) in [6.45, 7) is 8.48. The van der Waals surface area contributed by atoms with Crippen molar-refractivity contribution in [2.75, 3.05) is 13.1 Å². The molecule has 0 aliphatic carbocycles. The van der Waals surface area contributed by atoms with Gasteiger partial charge in [0.15, 0.2) is 5.62 Å². The van der Waals surface area contributed by atoms with Crippen molar-refractivity contribution in [1.29, 1.82) is 0 Å². The molecule has 0 spiro atoms. The van der Waals surface area contributed by atoms with Gasteiger partial charge in [0.25, 0.3) is 0 Å². The molecule has 0 N–H and O–H groups in total. The molecule has 1 heterocycles. The van der Waals surface area contributed by atoms with Gasteiger partial charge in [-0.2, -0.15) is 5.10 Å². The molecule has 0 saturated heterocycles. The van der Waals surface area contributed by atoms with E-state index in [9.17, 15) is 0 Å². The van der Waals surface area contributed by atoms with E-state index in [-0.39, 0.29) is 5.62 Å². The fourth-order valence-corrected chi connectivity index (χ4v) is 1.73. The topological polar surface area (TPSA) is 18.8 Å². The summed E-state index contributed by atoms with van der Waals surface area (Å²) in [5, 5.41) is 6.24. The second-order valence-electron chi connectivity index (χ2n) is 4.15. The minimum Gasteiger partial charge on any atom is -0.327 e. The van der Waals surface area contributed by atoms with Crippen LogP contribution in [0, 0.1) is 5.92 Å². The third-order valence-electron chi connectivity index (χ3n) is 2.18. The van der Waals surface area contributed by atoms with E-state index < -0.39 is 0 Å². The molecule has 0 aromatic rings. The van der Waals surface area contributed by atoms with E-state index in [2.05, 4.69) is 30.8 Å². The van der Waals surface area contributed by atoms with Crippen molar-refractivity contribution in [3.8, 4) is 0 Å². The molecular formula is C10H20ClN3. The summed E-state index contributed by atoms with van der Waals surface area (Å²) < 4.78 is 0. The van der Waals surface area contributed by atoms with Crippen molar-refractivity contribution in [3.63, 3.8) is 0 Å². The number of rotatable bonds is 5. The molecule has 14 heavy (non-hydrogen) atoms. The van der Waals surface area contributed by atoms with E-state index in [0.29, 0.717) is 5.92 Å². The van der Waals surface area contributed by atoms with Gasteiger partial charge in [-0.15, -0.1) is 0 Å². The average molecular weight is 218 g/mol. The van der Waals surface area contributed by atoms with Crippen molar-refractivity contribution in [3.05, 3.63) is 0 Å². The zero-order valence-electron chi connectivity index (χ0n) is 9.28. The highest BCUT2D eigenvalue weighted by molar-refractivity contribution is 6.20. The molecule has 0 bridgehead atoms. The van der Waals surface area contributed by atoms with Gasteiger partial charge < -0.3 is 4.90 Å². The number of unbranched alkanes of at least 4 members (excludes halogenated alkanes) is 1. The lowest BCUT2D eigenvalue weighted by Crippen LogP contribution is -2.37. The lowest BCUT2D eigenvalue weighted by molar-refractivity contribution is 0.187. The van der Waals surface area contributed by atoms with Gasteiger partial charge in [0.1, 0.15) is 6.34 Å². The summed E-state index contributed by atoms with van der Waals surface area (Å²) in [5.74, 6) is 0.619. The Bertz CT molecular complexity index is 194. The first-order chi connectivity index (χ1) is 6.65. The molecule has 1 aliphatic rings. The zero-order valence-corrected chi connectivity index (χ0v) is 10.0. The SMILES string of the molecule is CCCCN1N=CN(CC(C)C)C1Cl. The van der Waals surface area contributed by atoms with Crippen LogP contribution in [0.25, 0.3) is 0 Å². The molecule has 1 unspecified atom stereocenters. The highest BCUT2D eigenvalue weighted by Gasteiger charge is 2.24. The highest BCUT2D eigenvalue weighted by atomic mass is 35.5. The van der Waals surface area contributed by atoms with Crippen LogP contribution in [0.5, 0.6) is 0 Å². The Morgan fingerprint density at radius 2 is 2.21 bits per heavy atom. The van der Waals surface area contributed by atoms with Crippen LogP contribution in [0.3, 0.4) is 0 Å². The Kier molecular flexibility index (Phi) is 4.52. The normalized spacial score (nSPS) is 21.4. The van der Waals surface area contributed by atoms with Crippen LogP contribution < -0.4 is 0 Å². The van der Waals surface area contributed by atoms with Crippen molar-refractivity contribution in [2.24, 2.45) is 11.0 Å². The van der Waals surface area contributed by atoms with Gasteiger partial charge in [0.05, 0.1) is 0 Å². The number of hydrazone groups is 1. The quantitative estimate of drug-likeness (QED) is 0.521. The Balaban J connectivity index is 2.36. The van der Waals surface area contributed by atoms with E-state index in [1.54, 1.807) is 0 Å². The number of hydrogen-bond acceptors (Lipinski definition) is 3. The molecule has 0 fully saturated rings. The van der Waals surface area contributed by atoms with Crippen LogP contribution in [0.4, 0.5) is 0 Å². The first-order valence-electron chi connectivity index (χ1n) is 5.35. The van der Waals surface area contributed by atoms with Crippen LogP contribution in [0.2, 0.25) is 0 Å². The highest BCUT2D eigenvalue weighted by Crippen LogP contribution is 2.17. The number of halogens is 1. The van der Waals surface area contributed by atoms with E-state index in [1.807, 2.05) is 11.3 Å². The Morgan fingerprint density at radius 3 is 2.79 bits per heavy atom. The Morgan fingerprint density at radius 1 is 1.50 bits per heavy atom. The maximum absolute atomic E-state index is 6.25. The van der Waals surface area contributed by atoms with Gasteiger partial charge in [-0.05, 0) is 12.3 Å². The summed E-state index contributed by atoms with van der Waals surface area (Å²) in [6, 6.07) is 0. The number of nitrogens with zero attached hydrogens (tertiary/aromatic N) is 3. The lowest BCUT2D eigenvalue weighted by Gasteiger charge is -2.26. The van der Waals surface area contributed by atoms with Crippen LogP contribution in [0.1, 0.15) is 33.6 Å². The van der Waals surface area contributed by atoms with Gasteiger partial charge >= 0.3 is 0 Å². The van der Waals surface area contributed by atoms with Crippen molar-refractivity contribution in [2.45, 2.75) is 39.2 Å². The maximum Gasteiger partial charge on any atom is 0.195 e. The average Bonchev–Trinajstić information content (AvgIpc) is 2.45. The fraction of sp³-hybridized carbons (Fsp3) is 0.900. The van der Waals surface area contributed by atoms with Gasteiger partial charge in [-0.1, -0.05) is 38.8 Å². The molecule has 0 amide bonds. The van der Waals surface area contributed by atoms with Crippen molar-refractivity contribution >= 4 is 17.9 Å². The first-order valence-corrected chi connectivity index (χ1v) is 5.79.